The number of benzene rings is 1. The Bertz CT molecular complexity index is 417. The van der Waals surface area contributed by atoms with Crippen molar-refractivity contribution in [1.82, 2.24) is 5.32 Å². The van der Waals surface area contributed by atoms with E-state index in [1.54, 1.807) is 19.1 Å². The van der Waals surface area contributed by atoms with Crippen LogP contribution in [-0.2, 0) is 4.79 Å². The number of likely N-dealkylation sites (N-methyl/N-ethyl adjacent to an activating group) is 1. The first-order valence-electron chi connectivity index (χ1n) is 5.13. The van der Waals surface area contributed by atoms with Gasteiger partial charge in [0, 0.05) is 12.6 Å². The number of nitrogens with one attached hydrogen (secondary N) is 1. The Hall–Kier alpha value is -2.04. The number of carbonyl (C=O) groups excluding carboxylic acids is 2. The predicted octanol–water partition coefficient (Wildman–Crippen LogP) is 1.02. The molecule has 0 aliphatic rings. The fourth-order valence-electron chi connectivity index (χ4n) is 1.31. The fraction of sp³-hybridized carbons (Fsp3) is 0.333. The minimum atomic E-state index is -0.657. The Morgan fingerprint density at radius 3 is 2.65 bits per heavy atom. The molecule has 0 radical (unpaired) electrons. The first kappa shape index (κ1) is 13.0. The lowest BCUT2D eigenvalue weighted by molar-refractivity contribution is -0.126. The highest BCUT2D eigenvalue weighted by molar-refractivity contribution is 5.81. The van der Waals surface area contributed by atoms with Gasteiger partial charge in [-0.1, -0.05) is 0 Å². The van der Waals surface area contributed by atoms with Gasteiger partial charge in [0.1, 0.15) is 6.29 Å². The predicted molar refractivity (Wildman–Crippen MR) is 62.5 cm³/mol. The molecule has 5 nitrogen and oxygen atoms in total. The van der Waals surface area contributed by atoms with Crippen molar-refractivity contribution in [3.8, 4) is 11.5 Å². The molecule has 1 aromatic carbocycles. The summed E-state index contributed by atoms with van der Waals surface area (Å²) in [6.45, 7) is 1.62. The second kappa shape index (κ2) is 5.89. The van der Waals surface area contributed by atoms with E-state index in [1.807, 2.05) is 0 Å². The maximum atomic E-state index is 11.3. The quantitative estimate of drug-likeness (QED) is 0.776. The van der Waals surface area contributed by atoms with Crippen molar-refractivity contribution >= 4 is 12.2 Å². The second-order valence-corrected chi connectivity index (χ2v) is 3.40. The molecule has 1 unspecified atom stereocenters. The molecule has 0 aliphatic heterocycles. The third-order valence-electron chi connectivity index (χ3n) is 2.24. The van der Waals surface area contributed by atoms with Crippen LogP contribution in [0.3, 0.4) is 0 Å². The van der Waals surface area contributed by atoms with Crippen LogP contribution in [0.25, 0.3) is 0 Å². The summed E-state index contributed by atoms with van der Waals surface area (Å²) in [5.74, 6) is 0.600. The Labute approximate surface area is 99.7 Å². The lowest BCUT2D eigenvalue weighted by atomic mass is 10.2. The maximum absolute atomic E-state index is 11.3. The molecule has 17 heavy (non-hydrogen) atoms. The van der Waals surface area contributed by atoms with E-state index in [0.29, 0.717) is 23.3 Å². The molecular formula is C12H15NO4. The van der Waals surface area contributed by atoms with Crippen LogP contribution in [0.4, 0.5) is 0 Å². The van der Waals surface area contributed by atoms with Gasteiger partial charge in [0.15, 0.2) is 17.6 Å². The zero-order valence-corrected chi connectivity index (χ0v) is 10.0. The number of rotatable bonds is 5. The van der Waals surface area contributed by atoms with Crippen LogP contribution in [0.1, 0.15) is 17.3 Å². The summed E-state index contributed by atoms with van der Waals surface area (Å²) in [6, 6.07) is 4.77. The first-order chi connectivity index (χ1) is 8.12. The number of hydrogen-bond donors (Lipinski definition) is 1. The van der Waals surface area contributed by atoms with Crippen LogP contribution in [0.2, 0.25) is 0 Å². The van der Waals surface area contributed by atoms with Crippen molar-refractivity contribution in [2.24, 2.45) is 0 Å². The molecule has 1 amide bonds. The van der Waals surface area contributed by atoms with Crippen LogP contribution in [0.15, 0.2) is 18.2 Å². The summed E-state index contributed by atoms with van der Waals surface area (Å²) in [7, 11) is 3.02. The minimum absolute atomic E-state index is 0.247. The van der Waals surface area contributed by atoms with E-state index in [0.717, 1.165) is 0 Å². The molecule has 0 heterocycles. The molecular weight excluding hydrogens is 222 g/mol. The largest absolute Gasteiger partial charge is 0.493 e. The van der Waals surface area contributed by atoms with Crippen LogP contribution < -0.4 is 14.8 Å². The summed E-state index contributed by atoms with van der Waals surface area (Å²) in [5, 5.41) is 2.48. The molecule has 92 valence electrons. The summed E-state index contributed by atoms with van der Waals surface area (Å²) in [4.78, 5) is 22.0. The number of aldehydes is 1. The number of methoxy groups -OCH3 is 1. The molecule has 0 aromatic heterocycles. The van der Waals surface area contributed by atoms with Gasteiger partial charge >= 0.3 is 0 Å². The van der Waals surface area contributed by atoms with E-state index in [-0.39, 0.29) is 5.91 Å². The summed E-state index contributed by atoms with van der Waals surface area (Å²) < 4.78 is 10.5. The van der Waals surface area contributed by atoms with Gasteiger partial charge in [-0.25, -0.2) is 0 Å². The molecule has 0 saturated carbocycles. The van der Waals surface area contributed by atoms with Gasteiger partial charge in [-0.2, -0.15) is 0 Å². The average Bonchev–Trinajstić information content (AvgIpc) is 2.37. The summed E-state index contributed by atoms with van der Waals surface area (Å²) in [6.07, 6.45) is 0.0486. The first-order valence-corrected chi connectivity index (χ1v) is 5.13. The zero-order chi connectivity index (χ0) is 12.8. The Morgan fingerprint density at radius 2 is 2.12 bits per heavy atom. The number of amides is 1. The van der Waals surface area contributed by atoms with Gasteiger partial charge in [-0.3, -0.25) is 9.59 Å². The van der Waals surface area contributed by atoms with Crippen molar-refractivity contribution in [1.29, 1.82) is 0 Å². The SMILES string of the molecule is CNC(=O)C(C)Oc1cc(C=O)ccc1OC. The van der Waals surface area contributed by atoms with Gasteiger partial charge in [-0.05, 0) is 25.1 Å². The van der Waals surface area contributed by atoms with Crippen LogP contribution in [0.5, 0.6) is 11.5 Å². The highest BCUT2D eigenvalue weighted by Crippen LogP contribution is 2.28. The van der Waals surface area contributed by atoms with Crippen molar-refractivity contribution in [2.75, 3.05) is 14.2 Å². The number of hydrogen-bond acceptors (Lipinski definition) is 4. The number of ether oxygens (including phenoxy) is 2. The van der Waals surface area contributed by atoms with Gasteiger partial charge < -0.3 is 14.8 Å². The van der Waals surface area contributed by atoms with Gasteiger partial charge in [0.2, 0.25) is 0 Å². The van der Waals surface area contributed by atoms with Crippen molar-refractivity contribution in [2.45, 2.75) is 13.0 Å². The van der Waals surface area contributed by atoms with Gasteiger partial charge in [-0.15, -0.1) is 0 Å². The number of carbonyl (C=O) groups is 2. The molecule has 0 fully saturated rings. The van der Waals surface area contributed by atoms with E-state index in [9.17, 15) is 9.59 Å². The molecule has 0 spiro atoms. The van der Waals surface area contributed by atoms with Crippen LogP contribution >= 0.6 is 0 Å². The molecule has 1 rings (SSSR count). The summed E-state index contributed by atoms with van der Waals surface area (Å²) >= 11 is 0. The second-order valence-electron chi connectivity index (χ2n) is 3.40. The van der Waals surface area contributed by atoms with Gasteiger partial charge in [0.05, 0.1) is 7.11 Å². The molecule has 1 aromatic rings. The molecule has 0 aliphatic carbocycles. The smallest absolute Gasteiger partial charge is 0.260 e. The third-order valence-corrected chi connectivity index (χ3v) is 2.24. The molecule has 5 heteroatoms. The Morgan fingerprint density at radius 1 is 1.41 bits per heavy atom. The highest BCUT2D eigenvalue weighted by Gasteiger charge is 2.15. The highest BCUT2D eigenvalue weighted by atomic mass is 16.5. The topological polar surface area (TPSA) is 64.6 Å². The van der Waals surface area contributed by atoms with Crippen molar-refractivity contribution in [3.63, 3.8) is 0 Å². The van der Waals surface area contributed by atoms with E-state index in [2.05, 4.69) is 5.32 Å². The van der Waals surface area contributed by atoms with E-state index >= 15 is 0 Å². The van der Waals surface area contributed by atoms with E-state index in [1.165, 1.54) is 20.2 Å². The van der Waals surface area contributed by atoms with E-state index < -0.39 is 6.10 Å². The fourth-order valence-corrected chi connectivity index (χ4v) is 1.31. The van der Waals surface area contributed by atoms with Crippen LogP contribution in [0, 0.1) is 0 Å². The molecule has 0 saturated heterocycles. The minimum Gasteiger partial charge on any atom is -0.493 e. The summed E-state index contributed by atoms with van der Waals surface area (Å²) in [5.41, 5.74) is 0.463. The molecule has 0 bridgehead atoms. The molecule has 1 N–H and O–H groups in total. The standard InChI is InChI=1S/C12H15NO4/c1-8(12(15)13-2)17-11-6-9(7-14)4-5-10(11)16-3/h4-8H,1-3H3,(H,13,15). The average molecular weight is 237 g/mol. The Kier molecular flexibility index (Phi) is 4.51. The lowest BCUT2D eigenvalue weighted by Crippen LogP contribution is -2.33. The zero-order valence-electron chi connectivity index (χ0n) is 10.0. The van der Waals surface area contributed by atoms with Gasteiger partial charge in [0.25, 0.3) is 5.91 Å². The van der Waals surface area contributed by atoms with Crippen molar-refractivity contribution in [3.05, 3.63) is 23.8 Å². The lowest BCUT2D eigenvalue weighted by Gasteiger charge is -2.15. The third kappa shape index (κ3) is 3.21. The Balaban J connectivity index is 2.94. The van der Waals surface area contributed by atoms with E-state index in [4.69, 9.17) is 9.47 Å². The normalized spacial score (nSPS) is 11.5. The van der Waals surface area contributed by atoms with Crippen molar-refractivity contribution < 1.29 is 19.1 Å². The maximum Gasteiger partial charge on any atom is 0.260 e. The van der Waals surface area contributed by atoms with Crippen LogP contribution in [-0.4, -0.2) is 32.5 Å². The monoisotopic (exact) mass is 237 g/mol. The molecule has 1 atom stereocenters.